The molecule has 0 unspecified atom stereocenters. The van der Waals surface area contributed by atoms with Gasteiger partial charge in [0.15, 0.2) is 11.6 Å². The van der Waals surface area contributed by atoms with E-state index >= 15 is 0 Å². The van der Waals surface area contributed by atoms with Crippen molar-refractivity contribution in [3.63, 3.8) is 0 Å². The van der Waals surface area contributed by atoms with E-state index < -0.39 is 39.4 Å². The summed E-state index contributed by atoms with van der Waals surface area (Å²) in [4.78, 5) is 8.93. The molecular weight excluding hydrogens is 294 g/mol. The number of rotatable bonds is 3. The third kappa shape index (κ3) is 2.39. The van der Waals surface area contributed by atoms with E-state index in [9.17, 15) is 27.7 Å². The highest BCUT2D eigenvalue weighted by Crippen LogP contribution is 2.35. The van der Waals surface area contributed by atoms with Crippen LogP contribution in [0.1, 0.15) is 0 Å². The molecule has 0 aliphatic heterocycles. The molecule has 2 aromatic rings. The second-order valence-electron chi connectivity index (χ2n) is 3.97. The standard InChI is InChI=1S/C13H7F4NO3/c1-21-7-4-2-6(3-5-7)8-9(14)11(16)13(18(19)20)12(17)10(8)15/h2-5H,1H3. The topological polar surface area (TPSA) is 52.4 Å². The lowest BCUT2D eigenvalue weighted by atomic mass is 10.0. The molecule has 0 saturated carbocycles. The number of hydrogen-bond donors (Lipinski definition) is 0. The quantitative estimate of drug-likeness (QED) is 0.375. The molecule has 0 aromatic heterocycles. The maximum Gasteiger partial charge on any atom is 0.346 e. The number of nitro benzene ring substituents is 1. The first-order valence-corrected chi connectivity index (χ1v) is 5.53. The van der Waals surface area contributed by atoms with Gasteiger partial charge in [0, 0.05) is 0 Å². The van der Waals surface area contributed by atoms with Gasteiger partial charge in [0.25, 0.3) is 0 Å². The molecule has 0 bridgehead atoms. The van der Waals surface area contributed by atoms with E-state index in [1.165, 1.54) is 31.4 Å². The minimum Gasteiger partial charge on any atom is -0.497 e. The third-order valence-electron chi connectivity index (χ3n) is 2.80. The minimum atomic E-state index is -2.05. The van der Waals surface area contributed by atoms with Gasteiger partial charge in [-0.1, -0.05) is 12.1 Å². The molecule has 0 aliphatic rings. The number of benzene rings is 2. The molecule has 21 heavy (non-hydrogen) atoms. The third-order valence-corrected chi connectivity index (χ3v) is 2.80. The fraction of sp³-hybridized carbons (Fsp3) is 0.0769. The highest BCUT2D eigenvalue weighted by Gasteiger charge is 2.33. The molecule has 2 aromatic carbocycles. The molecule has 0 saturated heterocycles. The van der Waals surface area contributed by atoms with Crippen molar-refractivity contribution in [2.45, 2.75) is 0 Å². The van der Waals surface area contributed by atoms with Gasteiger partial charge in [0.05, 0.1) is 17.6 Å². The molecule has 2 rings (SSSR count). The van der Waals surface area contributed by atoms with Crippen LogP contribution in [0.15, 0.2) is 24.3 Å². The maximum absolute atomic E-state index is 13.8. The summed E-state index contributed by atoms with van der Waals surface area (Å²) >= 11 is 0. The Kier molecular flexibility index (Phi) is 3.79. The monoisotopic (exact) mass is 301 g/mol. The lowest BCUT2D eigenvalue weighted by Gasteiger charge is -2.08. The van der Waals surface area contributed by atoms with Gasteiger partial charge >= 0.3 is 5.69 Å². The predicted molar refractivity (Wildman–Crippen MR) is 64.9 cm³/mol. The second-order valence-corrected chi connectivity index (χ2v) is 3.97. The number of hydrogen-bond acceptors (Lipinski definition) is 3. The van der Waals surface area contributed by atoms with Crippen molar-refractivity contribution in [3.05, 3.63) is 57.6 Å². The summed E-state index contributed by atoms with van der Waals surface area (Å²) in [5.74, 6) is -7.40. The molecule has 0 heterocycles. The normalized spacial score (nSPS) is 10.5. The minimum absolute atomic E-state index is 0.182. The second kappa shape index (κ2) is 5.39. The molecule has 0 radical (unpaired) electrons. The van der Waals surface area contributed by atoms with E-state index in [-0.39, 0.29) is 5.56 Å². The molecular formula is C13H7F4NO3. The van der Waals surface area contributed by atoms with E-state index in [0.717, 1.165) is 0 Å². The van der Waals surface area contributed by atoms with Crippen molar-refractivity contribution in [3.8, 4) is 16.9 Å². The molecule has 0 aliphatic carbocycles. The lowest BCUT2D eigenvalue weighted by molar-refractivity contribution is -0.390. The number of nitrogens with zero attached hydrogens (tertiary/aromatic N) is 1. The number of nitro groups is 1. The molecule has 110 valence electrons. The van der Waals surface area contributed by atoms with Crippen molar-refractivity contribution in [2.75, 3.05) is 7.11 Å². The van der Waals surface area contributed by atoms with Crippen LogP contribution in [0.2, 0.25) is 0 Å². The Morgan fingerprint density at radius 2 is 1.43 bits per heavy atom. The predicted octanol–water partition coefficient (Wildman–Crippen LogP) is 3.83. The Balaban J connectivity index is 2.72. The Morgan fingerprint density at radius 1 is 0.952 bits per heavy atom. The van der Waals surface area contributed by atoms with Crippen LogP contribution in [0.25, 0.3) is 11.1 Å². The Bertz CT molecular complexity index is 687. The van der Waals surface area contributed by atoms with E-state index in [1.807, 2.05) is 0 Å². The number of methoxy groups -OCH3 is 1. The molecule has 4 nitrogen and oxygen atoms in total. The van der Waals surface area contributed by atoms with Crippen molar-refractivity contribution in [1.82, 2.24) is 0 Å². The largest absolute Gasteiger partial charge is 0.497 e. The van der Waals surface area contributed by atoms with Gasteiger partial charge in [-0.2, -0.15) is 8.78 Å². The molecule has 8 heteroatoms. The molecule has 0 atom stereocenters. The summed E-state index contributed by atoms with van der Waals surface area (Å²) in [7, 11) is 1.36. The highest BCUT2D eigenvalue weighted by atomic mass is 19.2. The van der Waals surface area contributed by atoms with Crippen LogP contribution in [0.4, 0.5) is 23.2 Å². The van der Waals surface area contributed by atoms with E-state index in [4.69, 9.17) is 4.74 Å². The molecule has 0 fully saturated rings. The summed E-state index contributed by atoms with van der Waals surface area (Å²) in [5.41, 5.74) is -3.06. The van der Waals surface area contributed by atoms with Gasteiger partial charge < -0.3 is 4.74 Å². The number of halogens is 4. The maximum atomic E-state index is 13.8. The van der Waals surface area contributed by atoms with Gasteiger partial charge in [0.1, 0.15) is 5.75 Å². The first-order chi connectivity index (χ1) is 9.88. The van der Waals surface area contributed by atoms with Crippen molar-refractivity contribution in [2.24, 2.45) is 0 Å². The molecule has 0 N–H and O–H groups in total. The van der Waals surface area contributed by atoms with Crippen molar-refractivity contribution >= 4 is 5.69 Å². The number of ether oxygens (including phenoxy) is 1. The van der Waals surface area contributed by atoms with Gasteiger partial charge in [-0.25, -0.2) is 8.78 Å². The average molecular weight is 301 g/mol. The van der Waals surface area contributed by atoms with E-state index in [2.05, 4.69) is 0 Å². The van der Waals surface area contributed by atoms with E-state index in [1.54, 1.807) is 0 Å². The van der Waals surface area contributed by atoms with Crippen molar-refractivity contribution < 1.29 is 27.2 Å². The van der Waals surface area contributed by atoms with Gasteiger partial charge in [-0.05, 0) is 17.7 Å². The van der Waals surface area contributed by atoms with Crippen LogP contribution in [0.3, 0.4) is 0 Å². The fourth-order valence-electron chi connectivity index (χ4n) is 1.79. The first kappa shape index (κ1) is 14.8. The van der Waals surface area contributed by atoms with Crippen LogP contribution in [0.5, 0.6) is 5.75 Å². The van der Waals surface area contributed by atoms with Gasteiger partial charge in [-0.3, -0.25) is 10.1 Å². The molecule has 0 amide bonds. The van der Waals surface area contributed by atoms with Crippen LogP contribution >= 0.6 is 0 Å². The average Bonchev–Trinajstić information content (AvgIpc) is 2.46. The Hall–Kier alpha value is -2.64. The van der Waals surface area contributed by atoms with E-state index in [0.29, 0.717) is 5.75 Å². The van der Waals surface area contributed by atoms with Gasteiger partial charge in [-0.15, -0.1) is 0 Å². The first-order valence-electron chi connectivity index (χ1n) is 5.53. The summed E-state index contributed by atoms with van der Waals surface area (Å²) < 4.78 is 59.5. The zero-order valence-corrected chi connectivity index (χ0v) is 10.5. The SMILES string of the molecule is COc1ccc(-c2c(F)c(F)c([N+](=O)[O-])c(F)c2F)cc1. The zero-order chi connectivity index (χ0) is 15.7. The van der Waals surface area contributed by atoms with Crippen LogP contribution in [0, 0.1) is 33.4 Å². The van der Waals surface area contributed by atoms with Crippen LogP contribution < -0.4 is 4.74 Å². The molecule has 0 spiro atoms. The zero-order valence-electron chi connectivity index (χ0n) is 10.5. The summed E-state index contributed by atoms with van der Waals surface area (Å²) in [6, 6.07) is 4.99. The Morgan fingerprint density at radius 3 is 1.81 bits per heavy atom. The van der Waals surface area contributed by atoms with Gasteiger partial charge in [0.2, 0.25) is 11.6 Å². The lowest BCUT2D eigenvalue weighted by Crippen LogP contribution is -2.05. The summed E-state index contributed by atoms with van der Waals surface area (Å²) in [6.07, 6.45) is 0. The van der Waals surface area contributed by atoms with Crippen molar-refractivity contribution in [1.29, 1.82) is 0 Å². The van der Waals surface area contributed by atoms with Crippen LogP contribution in [-0.4, -0.2) is 12.0 Å². The van der Waals surface area contributed by atoms with Crippen LogP contribution in [-0.2, 0) is 0 Å². The smallest absolute Gasteiger partial charge is 0.346 e. The highest BCUT2D eigenvalue weighted by molar-refractivity contribution is 5.68. The fourth-order valence-corrected chi connectivity index (χ4v) is 1.79. The summed E-state index contributed by atoms with van der Waals surface area (Å²) in [6.45, 7) is 0. The Labute approximate surface area is 115 Å². The summed E-state index contributed by atoms with van der Waals surface area (Å²) in [5, 5.41) is 10.5.